The second-order valence-electron chi connectivity index (χ2n) is 4.38. The lowest BCUT2D eigenvalue weighted by Gasteiger charge is -2.04. The van der Waals surface area contributed by atoms with Crippen LogP contribution in [-0.4, -0.2) is 9.78 Å². The minimum Gasteiger partial charge on any atom is -0.249 e. The maximum atomic E-state index is 6.35. The molecule has 0 spiro atoms. The van der Waals surface area contributed by atoms with Gasteiger partial charge in [0, 0.05) is 10.0 Å². The number of alkyl halides is 1. The minimum atomic E-state index is 0.411. The van der Waals surface area contributed by atoms with E-state index in [0.717, 1.165) is 34.1 Å². The predicted octanol–water partition coefficient (Wildman–Crippen LogP) is 5.04. The maximum absolute atomic E-state index is 6.35. The molecule has 0 aliphatic rings. The molecule has 0 bridgehead atoms. The zero-order chi connectivity index (χ0) is 13.8. The van der Waals surface area contributed by atoms with Gasteiger partial charge < -0.3 is 0 Å². The normalized spacial score (nSPS) is 10.9. The molecule has 2 nitrogen and oxygen atoms in total. The molecule has 0 fully saturated rings. The first-order chi connectivity index (χ1) is 9.15. The smallest absolute Gasteiger partial charge is 0.132 e. The lowest BCUT2D eigenvalue weighted by Crippen LogP contribution is -2.02. The maximum Gasteiger partial charge on any atom is 0.132 e. The summed E-state index contributed by atoms with van der Waals surface area (Å²) < 4.78 is 2.89. The van der Waals surface area contributed by atoms with E-state index < -0.39 is 0 Å². The van der Waals surface area contributed by atoms with Crippen LogP contribution in [-0.2, 0) is 18.8 Å². The summed E-state index contributed by atoms with van der Waals surface area (Å²) in [5, 5.41) is 5.23. The van der Waals surface area contributed by atoms with Gasteiger partial charge in [-0.05, 0) is 24.1 Å². The molecule has 0 radical (unpaired) electrons. The van der Waals surface area contributed by atoms with Crippen molar-refractivity contribution in [2.24, 2.45) is 0 Å². The highest BCUT2D eigenvalue weighted by Gasteiger charge is 2.14. The van der Waals surface area contributed by atoms with Gasteiger partial charge in [0.2, 0.25) is 0 Å². The number of nitrogens with zero attached hydrogens (tertiary/aromatic N) is 2. The highest BCUT2D eigenvalue weighted by Crippen LogP contribution is 2.24. The lowest BCUT2D eigenvalue weighted by molar-refractivity contribution is 0.668. The first kappa shape index (κ1) is 14.9. The quantitative estimate of drug-likeness (QED) is 0.682. The summed E-state index contributed by atoms with van der Waals surface area (Å²) in [7, 11) is 0. The fourth-order valence-electron chi connectivity index (χ4n) is 1.96. The van der Waals surface area contributed by atoms with Gasteiger partial charge in [0.25, 0.3) is 0 Å². The van der Waals surface area contributed by atoms with Crippen LogP contribution in [0, 0.1) is 0 Å². The van der Waals surface area contributed by atoms with Crippen molar-refractivity contribution >= 4 is 39.1 Å². The van der Waals surface area contributed by atoms with Crippen LogP contribution in [0.3, 0.4) is 0 Å². The number of aromatic nitrogens is 2. The molecule has 0 aliphatic heterocycles. The number of hydrogen-bond donors (Lipinski definition) is 0. The van der Waals surface area contributed by atoms with Crippen LogP contribution in [0.2, 0.25) is 5.15 Å². The Morgan fingerprint density at radius 1 is 1.26 bits per heavy atom. The first-order valence-corrected chi connectivity index (χ1v) is 7.90. The Balaban J connectivity index is 2.27. The van der Waals surface area contributed by atoms with Gasteiger partial charge in [-0.1, -0.05) is 53.0 Å². The van der Waals surface area contributed by atoms with Crippen molar-refractivity contribution in [1.82, 2.24) is 9.78 Å². The van der Waals surface area contributed by atoms with Gasteiger partial charge in [0.15, 0.2) is 0 Å². The van der Waals surface area contributed by atoms with Crippen molar-refractivity contribution in [3.8, 4) is 0 Å². The Morgan fingerprint density at radius 3 is 2.53 bits per heavy atom. The third kappa shape index (κ3) is 3.53. The highest BCUT2D eigenvalue weighted by atomic mass is 79.9. The Morgan fingerprint density at radius 2 is 1.95 bits per heavy atom. The average molecular weight is 362 g/mol. The van der Waals surface area contributed by atoms with Crippen molar-refractivity contribution in [3.63, 3.8) is 0 Å². The molecule has 1 heterocycles. The zero-order valence-corrected chi connectivity index (χ0v) is 13.8. The minimum absolute atomic E-state index is 0.411. The number of aryl methyl sites for hydroxylation is 1. The molecule has 0 saturated carbocycles. The molecule has 0 amide bonds. The molecule has 0 aliphatic carbocycles. The first-order valence-electron chi connectivity index (χ1n) is 6.20. The third-order valence-corrected chi connectivity index (χ3v) is 4.15. The van der Waals surface area contributed by atoms with Gasteiger partial charge in [-0.25, -0.2) is 4.68 Å². The van der Waals surface area contributed by atoms with Crippen LogP contribution < -0.4 is 0 Å². The van der Waals surface area contributed by atoms with Crippen molar-refractivity contribution in [3.05, 3.63) is 50.7 Å². The van der Waals surface area contributed by atoms with E-state index in [9.17, 15) is 0 Å². The second-order valence-corrected chi connectivity index (χ2v) is 5.92. The van der Waals surface area contributed by atoms with Crippen LogP contribution in [0.25, 0.3) is 0 Å². The fourth-order valence-corrected chi connectivity index (χ4v) is 2.85. The molecule has 5 heteroatoms. The van der Waals surface area contributed by atoms with Crippen molar-refractivity contribution in [2.45, 2.75) is 32.2 Å². The van der Waals surface area contributed by atoms with E-state index in [1.54, 1.807) is 0 Å². The summed E-state index contributed by atoms with van der Waals surface area (Å²) in [5.41, 5.74) is 3.14. The van der Waals surface area contributed by atoms with Gasteiger partial charge >= 0.3 is 0 Å². The molecule has 19 heavy (non-hydrogen) atoms. The Kier molecular flexibility index (Phi) is 5.31. The number of hydrogen-bond acceptors (Lipinski definition) is 1. The number of halogens is 3. The average Bonchev–Trinajstić information content (AvgIpc) is 2.69. The molecule has 0 atom stereocenters. The van der Waals surface area contributed by atoms with Crippen LogP contribution in [0.1, 0.15) is 30.2 Å². The monoisotopic (exact) mass is 360 g/mol. The van der Waals surface area contributed by atoms with Gasteiger partial charge in [-0.15, -0.1) is 11.6 Å². The van der Waals surface area contributed by atoms with Gasteiger partial charge in [0.1, 0.15) is 5.15 Å². The van der Waals surface area contributed by atoms with E-state index in [-0.39, 0.29) is 0 Å². The second kappa shape index (κ2) is 6.78. The molecule has 1 aromatic carbocycles. The van der Waals surface area contributed by atoms with Gasteiger partial charge in [0.05, 0.1) is 18.1 Å². The van der Waals surface area contributed by atoms with Crippen molar-refractivity contribution in [2.75, 3.05) is 0 Å². The van der Waals surface area contributed by atoms with Crippen LogP contribution in [0.5, 0.6) is 0 Å². The Bertz CT molecular complexity index is 549. The summed E-state index contributed by atoms with van der Waals surface area (Å²) in [4.78, 5) is 0. The van der Waals surface area contributed by atoms with Gasteiger partial charge in [-0.3, -0.25) is 0 Å². The summed E-state index contributed by atoms with van der Waals surface area (Å²) >= 11 is 15.7. The largest absolute Gasteiger partial charge is 0.249 e. The van der Waals surface area contributed by atoms with E-state index in [4.69, 9.17) is 23.2 Å². The molecular formula is C14H15BrCl2N2. The van der Waals surface area contributed by atoms with E-state index in [0.29, 0.717) is 17.6 Å². The molecule has 102 valence electrons. The fraction of sp³-hybridized carbons (Fsp3) is 0.357. The standard InChI is InChI=1S/C14H15BrCl2N2/c1-2-3-13-12(8-16)14(17)19(18-13)9-10-4-6-11(15)7-5-10/h4-7H,2-3,8-9H2,1H3. The van der Waals surface area contributed by atoms with Gasteiger partial charge in [-0.2, -0.15) is 5.10 Å². The Labute approximate surface area is 131 Å². The van der Waals surface area contributed by atoms with E-state index >= 15 is 0 Å². The summed E-state index contributed by atoms with van der Waals surface area (Å²) in [6, 6.07) is 8.15. The summed E-state index contributed by atoms with van der Waals surface area (Å²) in [5.74, 6) is 0.411. The topological polar surface area (TPSA) is 17.8 Å². The third-order valence-electron chi connectivity index (χ3n) is 2.93. The molecule has 2 aromatic rings. The molecule has 0 saturated heterocycles. The van der Waals surface area contributed by atoms with Crippen LogP contribution in [0.4, 0.5) is 0 Å². The number of rotatable bonds is 5. The molecule has 1 aromatic heterocycles. The Hall–Kier alpha value is -0.510. The summed E-state index contributed by atoms with van der Waals surface area (Å²) in [6.45, 7) is 2.79. The van der Waals surface area contributed by atoms with Crippen molar-refractivity contribution in [1.29, 1.82) is 0 Å². The SMILES string of the molecule is CCCc1nn(Cc2ccc(Br)cc2)c(Cl)c1CCl. The van der Waals surface area contributed by atoms with E-state index in [1.165, 1.54) is 0 Å². The van der Waals surface area contributed by atoms with E-state index in [2.05, 4.69) is 40.1 Å². The lowest BCUT2D eigenvalue weighted by atomic mass is 10.2. The van der Waals surface area contributed by atoms with Crippen molar-refractivity contribution < 1.29 is 0 Å². The highest BCUT2D eigenvalue weighted by molar-refractivity contribution is 9.10. The molecule has 0 N–H and O–H groups in total. The van der Waals surface area contributed by atoms with E-state index in [1.807, 2.05) is 16.8 Å². The predicted molar refractivity (Wildman–Crippen MR) is 84.0 cm³/mol. The van der Waals surface area contributed by atoms with Crippen LogP contribution >= 0.6 is 39.1 Å². The molecule has 0 unspecified atom stereocenters. The zero-order valence-electron chi connectivity index (χ0n) is 10.7. The number of benzene rings is 1. The van der Waals surface area contributed by atoms with Crippen LogP contribution in [0.15, 0.2) is 28.7 Å². The summed E-state index contributed by atoms with van der Waals surface area (Å²) in [6.07, 6.45) is 1.95. The molecular weight excluding hydrogens is 347 g/mol. The molecule has 2 rings (SSSR count).